The number of benzene rings is 1. The number of carbonyl (C=O) groups is 1. The fourth-order valence-electron chi connectivity index (χ4n) is 5.58. The number of pyridine rings is 2. The summed E-state index contributed by atoms with van der Waals surface area (Å²) in [4.78, 5) is 33.2. The first-order valence-electron chi connectivity index (χ1n) is 11.3. The van der Waals surface area contributed by atoms with Gasteiger partial charge in [0.2, 0.25) is 5.91 Å². The fraction of sp³-hybridized carbons (Fsp3) is 0.346. The minimum Gasteiger partial charge on any atom is -0.396 e. The van der Waals surface area contributed by atoms with Gasteiger partial charge in [-0.25, -0.2) is 0 Å². The van der Waals surface area contributed by atoms with E-state index in [9.17, 15) is 14.7 Å². The van der Waals surface area contributed by atoms with Crippen molar-refractivity contribution in [2.24, 2.45) is 11.8 Å². The summed E-state index contributed by atoms with van der Waals surface area (Å²) in [6.07, 6.45) is 3.35. The number of fused-ring (bicyclic) bond motifs is 4. The summed E-state index contributed by atoms with van der Waals surface area (Å²) < 4.78 is 1.79. The lowest BCUT2D eigenvalue weighted by Crippen LogP contribution is -2.44. The summed E-state index contributed by atoms with van der Waals surface area (Å²) in [6, 6.07) is 16.7. The van der Waals surface area contributed by atoms with Gasteiger partial charge in [0.15, 0.2) is 0 Å². The predicted molar refractivity (Wildman–Crippen MR) is 125 cm³/mol. The topological polar surface area (TPSA) is 87.5 Å². The molecule has 170 valence electrons. The third-order valence-corrected chi connectivity index (χ3v) is 7.30. The smallest absolute Gasteiger partial charge is 0.258 e. The SMILES string of the molecule is C[C@H](NC(=O)[C@H]1[C@H](CO)[C@H]2Cn3c(ccc(-c4ccncc4)c3=O)[C@@H]1N2C)c1ccccc1. The molecule has 7 heteroatoms. The van der Waals surface area contributed by atoms with Gasteiger partial charge in [0, 0.05) is 48.8 Å². The molecule has 1 saturated heterocycles. The first kappa shape index (κ1) is 21.6. The molecule has 2 aromatic heterocycles. The fourth-order valence-corrected chi connectivity index (χ4v) is 5.58. The van der Waals surface area contributed by atoms with Gasteiger partial charge in [0.25, 0.3) is 5.56 Å². The quantitative estimate of drug-likeness (QED) is 0.631. The van der Waals surface area contributed by atoms with Gasteiger partial charge in [-0.2, -0.15) is 0 Å². The zero-order valence-corrected chi connectivity index (χ0v) is 18.8. The van der Waals surface area contributed by atoms with Gasteiger partial charge in [-0.05, 0) is 49.4 Å². The van der Waals surface area contributed by atoms with Crippen LogP contribution in [0.4, 0.5) is 0 Å². The van der Waals surface area contributed by atoms with Crippen LogP contribution < -0.4 is 10.9 Å². The third-order valence-electron chi connectivity index (χ3n) is 7.30. The highest BCUT2D eigenvalue weighted by Gasteiger charge is 2.54. The maximum atomic E-state index is 13.5. The number of hydrogen-bond acceptors (Lipinski definition) is 5. The molecule has 0 unspecified atom stereocenters. The van der Waals surface area contributed by atoms with Crippen molar-refractivity contribution < 1.29 is 9.90 Å². The van der Waals surface area contributed by atoms with E-state index in [1.807, 2.05) is 68.6 Å². The summed E-state index contributed by atoms with van der Waals surface area (Å²) in [5.41, 5.74) is 3.21. The molecular formula is C26H28N4O3. The summed E-state index contributed by atoms with van der Waals surface area (Å²) in [5, 5.41) is 13.4. The van der Waals surface area contributed by atoms with Gasteiger partial charge >= 0.3 is 0 Å². The molecular weight excluding hydrogens is 416 g/mol. The van der Waals surface area contributed by atoms with Crippen LogP contribution in [0.25, 0.3) is 11.1 Å². The lowest BCUT2D eigenvalue weighted by Gasteiger charge is -2.35. The Hall–Kier alpha value is -3.29. The Morgan fingerprint density at radius 3 is 2.58 bits per heavy atom. The Balaban J connectivity index is 1.51. The molecule has 5 atom stereocenters. The van der Waals surface area contributed by atoms with Crippen LogP contribution in [0.5, 0.6) is 0 Å². The van der Waals surface area contributed by atoms with Crippen LogP contribution in [0.3, 0.4) is 0 Å². The van der Waals surface area contributed by atoms with E-state index in [0.717, 1.165) is 16.8 Å². The van der Waals surface area contributed by atoms with E-state index >= 15 is 0 Å². The van der Waals surface area contributed by atoms with Crippen molar-refractivity contribution in [1.82, 2.24) is 19.8 Å². The molecule has 1 amide bonds. The molecule has 2 bridgehead atoms. The van der Waals surface area contributed by atoms with Crippen molar-refractivity contribution in [2.45, 2.75) is 31.6 Å². The molecule has 0 aliphatic carbocycles. The van der Waals surface area contributed by atoms with Crippen LogP contribution in [-0.2, 0) is 11.3 Å². The third kappa shape index (κ3) is 3.57. The van der Waals surface area contributed by atoms with E-state index in [0.29, 0.717) is 12.1 Å². The van der Waals surface area contributed by atoms with Crippen molar-refractivity contribution in [2.75, 3.05) is 13.7 Å². The van der Waals surface area contributed by atoms with E-state index in [-0.39, 0.29) is 42.1 Å². The van der Waals surface area contributed by atoms with Crippen LogP contribution in [0.2, 0.25) is 0 Å². The van der Waals surface area contributed by atoms with Crippen molar-refractivity contribution in [3.8, 4) is 11.1 Å². The first-order chi connectivity index (χ1) is 16.0. The molecule has 33 heavy (non-hydrogen) atoms. The molecule has 2 aliphatic rings. The normalized spacial score (nSPS) is 24.8. The van der Waals surface area contributed by atoms with Crippen molar-refractivity contribution >= 4 is 5.91 Å². The summed E-state index contributed by atoms with van der Waals surface area (Å²) in [7, 11) is 1.98. The maximum Gasteiger partial charge on any atom is 0.258 e. The Bertz CT molecular complexity index is 1210. The largest absolute Gasteiger partial charge is 0.396 e. The summed E-state index contributed by atoms with van der Waals surface area (Å²) in [5.74, 6) is -0.799. The summed E-state index contributed by atoms with van der Waals surface area (Å²) in [6.45, 7) is 2.30. The number of hydrogen-bond donors (Lipinski definition) is 2. The van der Waals surface area contributed by atoms with Gasteiger partial charge in [0.1, 0.15) is 0 Å². The van der Waals surface area contributed by atoms with Gasteiger partial charge in [0.05, 0.1) is 18.0 Å². The number of nitrogens with one attached hydrogen (secondary N) is 1. The van der Waals surface area contributed by atoms with E-state index < -0.39 is 5.92 Å². The van der Waals surface area contributed by atoms with Gasteiger partial charge in [-0.15, -0.1) is 0 Å². The molecule has 0 saturated carbocycles. The zero-order valence-electron chi connectivity index (χ0n) is 18.8. The van der Waals surface area contributed by atoms with Crippen molar-refractivity contribution in [1.29, 1.82) is 0 Å². The monoisotopic (exact) mass is 444 g/mol. The molecule has 0 radical (unpaired) electrons. The minimum absolute atomic E-state index is 0.0720. The highest BCUT2D eigenvalue weighted by molar-refractivity contribution is 5.81. The maximum absolute atomic E-state index is 13.5. The predicted octanol–water partition coefficient (Wildman–Crippen LogP) is 2.38. The Kier molecular flexibility index (Phi) is 5.60. The second kappa shape index (κ2) is 8.57. The van der Waals surface area contributed by atoms with Crippen molar-refractivity contribution in [3.05, 3.63) is 88.6 Å². The van der Waals surface area contributed by atoms with E-state index in [1.54, 1.807) is 17.0 Å². The van der Waals surface area contributed by atoms with E-state index in [2.05, 4.69) is 15.2 Å². The minimum atomic E-state index is -0.448. The van der Waals surface area contributed by atoms with Gasteiger partial charge < -0.3 is 15.0 Å². The number of amides is 1. The lowest BCUT2D eigenvalue weighted by molar-refractivity contribution is -0.128. The first-order valence-corrected chi connectivity index (χ1v) is 11.3. The highest BCUT2D eigenvalue weighted by atomic mass is 16.3. The van der Waals surface area contributed by atoms with Crippen LogP contribution in [-0.4, -0.2) is 45.2 Å². The van der Waals surface area contributed by atoms with Gasteiger partial charge in [-0.1, -0.05) is 30.3 Å². The molecule has 5 rings (SSSR count). The number of aliphatic hydroxyl groups is 1. The van der Waals surface area contributed by atoms with E-state index in [4.69, 9.17) is 0 Å². The molecule has 2 aliphatic heterocycles. The highest BCUT2D eigenvalue weighted by Crippen LogP contribution is 2.47. The number of aliphatic hydroxyl groups excluding tert-OH is 1. The average Bonchev–Trinajstić information content (AvgIpc) is 3.02. The van der Waals surface area contributed by atoms with Crippen LogP contribution >= 0.6 is 0 Å². The second-order valence-corrected chi connectivity index (χ2v) is 9.01. The lowest BCUT2D eigenvalue weighted by atomic mass is 9.86. The number of aromatic nitrogens is 2. The number of likely N-dealkylation sites (N-methyl/N-ethyl adjacent to an activating group) is 1. The number of carbonyl (C=O) groups excluding carboxylic acids is 1. The van der Waals surface area contributed by atoms with Crippen molar-refractivity contribution in [3.63, 3.8) is 0 Å². The standard InChI is InChI=1S/C26H28N4O3/c1-16(17-6-4-3-5-7-17)28-25(32)23-20(15-31)22-14-30-21(24(23)29(22)2)9-8-19(26(30)33)18-10-12-27-13-11-18/h3-13,16,20,22-24,31H,14-15H2,1-2H3,(H,28,32)/t16-,20+,22+,23-,24-/m0/s1. The van der Waals surface area contributed by atoms with Crippen LogP contribution in [0.15, 0.2) is 71.8 Å². The summed E-state index contributed by atoms with van der Waals surface area (Å²) >= 11 is 0. The molecule has 0 spiro atoms. The molecule has 7 nitrogen and oxygen atoms in total. The molecule has 2 N–H and O–H groups in total. The molecule has 3 aromatic rings. The average molecular weight is 445 g/mol. The molecule has 4 heterocycles. The van der Waals surface area contributed by atoms with Gasteiger partial charge in [-0.3, -0.25) is 19.5 Å². The van der Waals surface area contributed by atoms with Crippen LogP contribution in [0.1, 0.15) is 30.3 Å². The molecule has 1 aromatic carbocycles. The Morgan fingerprint density at radius 1 is 1.15 bits per heavy atom. The number of rotatable bonds is 5. The Morgan fingerprint density at radius 2 is 1.88 bits per heavy atom. The molecule has 1 fully saturated rings. The number of nitrogens with zero attached hydrogens (tertiary/aromatic N) is 3. The van der Waals surface area contributed by atoms with Crippen LogP contribution in [0, 0.1) is 11.8 Å². The Labute approximate surface area is 192 Å². The zero-order chi connectivity index (χ0) is 23.1. The second-order valence-electron chi connectivity index (χ2n) is 9.01. The van der Waals surface area contributed by atoms with E-state index in [1.165, 1.54) is 0 Å².